The number of carbonyl (C=O) groups excluding carboxylic acids is 2. The Hall–Kier alpha value is -2.45. The number of carbonyl (C=O) groups is 2. The summed E-state index contributed by atoms with van der Waals surface area (Å²) in [6, 6.07) is 5.36. The summed E-state index contributed by atoms with van der Waals surface area (Å²) in [5.74, 6) is 1.20. The van der Waals surface area contributed by atoms with Crippen LogP contribution in [0, 0.1) is 0 Å². The van der Waals surface area contributed by atoms with Gasteiger partial charge in [0.15, 0.2) is 5.78 Å². The molecule has 29 heavy (non-hydrogen) atoms. The van der Waals surface area contributed by atoms with E-state index in [1.807, 2.05) is 11.0 Å². The number of thiazole rings is 1. The van der Waals surface area contributed by atoms with E-state index in [0.29, 0.717) is 36.6 Å². The minimum absolute atomic E-state index is 0.0748. The van der Waals surface area contributed by atoms with E-state index in [1.54, 1.807) is 26.4 Å². The van der Waals surface area contributed by atoms with E-state index >= 15 is 0 Å². The van der Waals surface area contributed by atoms with Crippen LogP contribution in [0.3, 0.4) is 0 Å². The number of hydrogen-bond donors (Lipinski definition) is 0. The van der Waals surface area contributed by atoms with Crippen molar-refractivity contribution in [2.24, 2.45) is 0 Å². The second-order valence-electron chi connectivity index (χ2n) is 7.27. The Bertz CT molecular complexity index is 896. The summed E-state index contributed by atoms with van der Waals surface area (Å²) in [7, 11) is 3.11. The minimum Gasteiger partial charge on any atom is -0.496 e. The molecular weight excluding hydrogens is 390 g/mol. The molecule has 1 fully saturated rings. The number of aromatic nitrogens is 1. The summed E-state index contributed by atoms with van der Waals surface area (Å²) >= 11 is 1.53. The van der Waals surface area contributed by atoms with E-state index in [-0.39, 0.29) is 11.7 Å². The first kappa shape index (κ1) is 19.8. The number of methoxy groups -OCH3 is 2. The number of fused-ring (bicyclic) bond motifs is 1. The molecule has 1 amide bonds. The summed E-state index contributed by atoms with van der Waals surface area (Å²) < 4.78 is 10.8. The van der Waals surface area contributed by atoms with Gasteiger partial charge in [-0.2, -0.15) is 0 Å². The van der Waals surface area contributed by atoms with Crippen molar-refractivity contribution in [1.29, 1.82) is 0 Å². The number of aryl methyl sites for hydroxylation is 1. The number of piperazine rings is 1. The largest absolute Gasteiger partial charge is 0.496 e. The maximum atomic E-state index is 13.1. The predicted molar refractivity (Wildman–Crippen MR) is 110 cm³/mol. The Balaban J connectivity index is 1.40. The Morgan fingerprint density at radius 1 is 1.10 bits per heavy atom. The van der Waals surface area contributed by atoms with Crippen LogP contribution in [0.15, 0.2) is 18.2 Å². The van der Waals surface area contributed by atoms with Gasteiger partial charge in [0.25, 0.3) is 5.91 Å². The topological polar surface area (TPSA) is 72.0 Å². The van der Waals surface area contributed by atoms with Gasteiger partial charge < -0.3 is 14.4 Å². The van der Waals surface area contributed by atoms with Crippen LogP contribution in [0.2, 0.25) is 0 Å². The molecule has 0 bridgehead atoms. The van der Waals surface area contributed by atoms with Gasteiger partial charge in [-0.3, -0.25) is 14.5 Å². The lowest BCUT2D eigenvalue weighted by atomic mass is 10.0. The Labute approximate surface area is 174 Å². The smallest absolute Gasteiger partial charge is 0.261 e. The zero-order chi connectivity index (χ0) is 20.4. The number of hydrogen-bond acceptors (Lipinski definition) is 7. The van der Waals surface area contributed by atoms with E-state index < -0.39 is 0 Å². The van der Waals surface area contributed by atoms with Gasteiger partial charge in [0.1, 0.15) is 22.1 Å². The fourth-order valence-electron chi connectivity index (χ4n) is 3.91. The van der Waals surface area contributed by atoms with Crippen molar-refractivity contribution >= 4 is 23.0 Å². The molecule has 0 atom stereocenters. The van der Waals surface area contributed by atoms with Crippen molar-refractivity contribution in [2.45, 2.75) is 25.8 Å². The molecule has 154 valence electrons. The zero-order valence-electron chi connectivity index (χ0n) is 16.8. The van der Waals surface area contributed by atoms with Crippen molar-refractivity contribution < 1.29 is 19.1 Å². The summed E-state index contributed by atoms with van der Waals surface area (Å²) in [5, 5.41) is 0.997. The molecule has 0 saturated carbocycles. The van der Waals surface area contributed by atoms with Gasteiger partial charge in [0, 0.05) is 32.6 Å². The maximum Gasteiger partial charge on any atom is 0.261 e. The molecule has 2 heterocycles. The highest BCUT2D eigenvalue weighted by molar-refractivity contribution is 7.13. The van der Waals surface area contributed by atoms with Crippen LogP contribution in [-0.4, -0.2) is 66.9 Å². The third-order valence-electron chi connectivity index (χ3n) is 5.47. The monoisotopic (exact) mass is 415 g/mol. The van der Waals surface area contributed by atoms with Gasteiger partial charge in [-0.25, -0.2) is 4.98 Å². The van der Waals surface area contributed by atoms with E-state index in [0.717, 1.165) is 48.1 Å². The molecule has 0 N–H and O–H groups in total. The van der Waals surface area contributed by atoms with Crippen LogP contribution < -0.4 is 9.47 Å². The standard InChI is InChI=1S/C21H25N3O4S/c1-27-16-7-4-8-17(28-2)19(16)21(26)24-11-9-23(10-12-24)13-18-22-14-5-3-6-15(25)20(14)29-18/h4,7-8H,3,5-6,9-13H2,1-2H3. The third kappa shape index (κ3) is 4.00. The fourth-order valence-corrected chi connectivity index (χ4v) is 5.03. The van der Waals surface area contributed by atoms with Crippen molar-refractivity contribution in [3.63, 3.8) is 0 Å². The first-order valence-corrected chi connectivity index (χ1v) is 10.7. The molecule has 1 aliphatic carbocycles. The van der Waals surface area contributed by atoms with Gasteiger partial charge in [0.2, 0.25) is 0 Å². The van der Waals surface area contributed by atoms with E-state index in [1.165, 1.54) is 11.3 Å². The van der Waals surface area contributed by atoms with Crippen molar-refractivity contribution in [3.8, 4) is 11.5 Å². The van der Waals surface area contributed by atoms with Gasteiger partial charge in [-0.05, 0) is 25.0 Å². The lowest BCUT2D eigenvalue weighted by Gasteiger charge is -2.34. The van der Waals surface area contributed by atoms with Crippen LogP contribution >= 0.6 is 11.3 Å². The van der Waals surface area contributed by atoms with Gasteiger partial charge in [0.05, 0.1) is 31.3 Å². The fraction of sp³-hybridized carbons (Fsp3) is 0.476. The van der Waals surface area contributed by atoms with Crippen molar-refractivity contribution in [3.05, 3.63) is 39.3 Å². The lowest BCUT2D eigenvalue weighted by Crippen LogP contribution is -2.48. The van der Waals surface area contributed by atoms with Gasteiger partial charge >= 0.3 is 0 Å². The number of nitrogens with zero attached hydrogens (tertiary/aromatic N) is 3. The summed E-state index contributed by atoms with van der Waals surface area (Å²) in [5.41, 5.74) is 1.44. The molecule has 0 unspecified atom stereocenters. The molecule has 2 aromatic rings. The number of ketones is 1. The molecule has 0 radical (unpaired) electrons. The van der Waals surface area contributed by atoms with Crippen molar-refractivity contribution in [1.82, 2.24) is 14.8 Å². The highest BCUT2D eigenvalue weighted by Crippen LogP contribution is 2.30. The van der Waals surface area contributed by atoms with Crippen molar-refractivity contribution in [2.75, 3.05) is 40.4 Å². The van der Waals surface area contributed by atoms with Gasteiger partial charge in [-0.1, -0.05) is 6.07 Å². The summed E-state index contributed by atoms with van der Waals surface area (Å²) in [4.78, 5) is 34.8. The van der Waals surface area contributed by atoms with Crippen LogP contribution in [0.1, 0.15) is 43.6 Å². The number of Topliss-reactive ketones (excluding diaryl/α,β-unsaturated/α-hetero) is 1. The zero-order valence-corrected chi connectivity index (χ0v) is 17.6. The van der Waals surface area contributed by atoms with Crippen LogP contribution in [-0.2, 0) is 13.0 Å². The first-order chi connectivity index (χ1) is 14.1. The third-order valence-corrected chi connectivity index (χ3v) is 6.60. The normalized spacial score (nSPS) is 17.2. The predicted octanol–water partition coefficient (Wildman–Crippen LogP) is 2.64. The van der Waals surface area contributed by atoms with E-state index in [9.17, 15) is 9.59 Å². The highest BCUT2D eigenvalue weighted by atomic mass is 32.1. The quantitative estimate of drug-likeness (QED) is 0.748. The summed E-state index contributed by atoms with van der Waals surface area (Å²) in [6.07, 6.45) is 2.45. The molecular formula is C21H25N3O4S. The Kier molecular flexibility index (Phi) is 5.82. The molecule has 0 spiro atoms. The molecule has 1 aromatic heterocycles. The summed E-state index contributed by atoms with van der Waals surface area (Å²) in [6.45, 7) is 3.52. The molecule has 2 aliphatic rings. The highest BCUT2D eigenvalue weighted by Gasteiger charge is 2.28. The maximum absolute atomic E-state index is 13.1. The minimum atomic E-state index is -0.0748. The molecule has 1 saturated heterocycles. The van der Waals surface area contributed by atoms with Gasteiger partial charge in [-0.15, -0.1) is 11.3 Å². The van der Waals surface area contributed by atoms with Crippen LogP contribution in [0.4, 0.5) is 0 Å². The number of amides is 1. The lowest BCUT2D eigenvalue weighted by molar-refractivity contribution is 0.0621. The number of benzene rings is 1. The average molecular weight is 416 g/mol. The molecule has 1 aromatic carbocycles. The Morgan fingerprint density at radius 2 is 1.79 bits per heavy atom. The SMILES string of the molecule is COc1cccc(OC)c1C(=O)N1CCN(Cc2nc3c(s2)C(=O)CCC3)CC1. The second kappa shape index (κ2) is 8.51. The average Bonchev–Trinajstić information content (AvgIpc) is 3.17. The van der Waals surface area contributed by atoms with E-state index in [4.69, 9.17) is 9.47 Å². The molecule has 4 rings (SSSR count). The van der Waals surface area contributed by atoms with Crippen LogP contribution in [0.25, 0.3) is 0 Å². The number of rotatable bonds is 5. The molecule has 8 heteroatoms. The Morgan fingerprint density at radius 3 is 2.41 bits per heavy atom. The second-order valence-corrected chi connectivity index (χ2v) is 8.35. The molecule has 7 nitrogen and oxygen atoms in total. The van der Waals surface area contributed by atoms with Crippen LogP contribution in [0.5, 0.6) is 11.5 Å². The van der Waals surface area contributed by atoms with E-state index in [2.05, 4.69) is 9.88 Å². The molecule has 1 aliphatic heterocycles. The first-order valence-electron chi connectivity index (χ1n) is 9.85. The number of ether oxygens (including phenoxy) is 2.